The molecule has 0 atom stereocenters. The molecule has 0 radical (unpaired) electrons. The third kappa shape index (κ3) is 3.82. The molecule has 0 saturated heterocycles. The van der Waals surface area contributed by atoms with E-state index in [-0.39, 0.29) is 17.0 Å². The van der Waals surface area contributed by atoms with E-state index in [9.17, 15) is 24.2 Å². The van der Waals surface area contributed by atoms with Gasteiger partial charge in [-0.1, -0.05) is 35.4 Å². The van der Waals surface area contributed by atoms with Crippen molar-refractivity contribution >= 4 is 37.6 Å². The van der Waals surface area contributed by atoms with E-state index in [1.54, 1.807) is 0 Å². The number of carbonyl (C=O) groups excluding carboxylic acids is 1. The molecule has 0 aliphatic heterocycles. The van der Waals surface area contributed by atoms with E-state index in [4.69, 9.17) is 0 Å². The van der Waals surface area contributed by atoms with Crippen LogP contribution in [0.3, 0.4) is 0 Å². The number of ketones is 1. The fraction of sp³-hybridized carbons (Fsp3) is 0.300. The van der Waals surface area contributed by atoms with Gasteiger partial charge in [0.15, 0.2) is 5.78 Å². The van der Waals surface area contributed by atoms with Gasteiger partial charge in [0.05, 0.1) is 11.0 Å². The number of Topliss-reactive ketones (excluding diaryl/α,β-unsaturated/α-hetero) is 1. The zero-order valence-electron chi connectivity index (χ0n) is 9.97. The fourth-order valence-corrected chi connectivity index (χ4v) is 2.73. The Kier molecular flexibility index (Phi) is 3.48. The molecule has 9 heteroatoms. The molecule has 0 N–H and O–H groups in total. The van der Waals surface area contributed by atoms with E-state index < -0.39 is 26.6 Å². The Balaban J connectivity index is 3.58. The highest BCUT2D eigenvalue weighted by Crippen LogP contribution is 3.02. The second-order valence-electron chi connectivity index (χ2n) is 4.10. The van der Waals surface area contributed by atoms with Crippen LogP contribution in [0.1, 0.15) is 10.4 Å². The molecular weight excluding hydrogens is 357 g/mol. The molecule has 0 amide bonds. The van der Waals surface area contributed by atoms with Gasteiger partial charge in [-0.2, -0.15) is 0 Å². The van der Waals surface area contributed by atoms with Gasteiger partial charge in [-0.15, -0.1) is 0 Å². The van der Waals surface area contributed by atoms with E-state index in [0.717, 1.165) is 17.0 Å². The summed E-state index contributed by atoms with van der Waals surface area (Å²) in [7, 11) is -7.39. The summed E-state index contributed by atoms with van der Waals surface area (Å²) < 4.78 is 64.3. The molecule has 0 saturated carbocycles. The molecule has 0 unspecified atom stereocenters. The average Bonchev–Trinajstić information content (AvgIpc) is 2.24. The smallest absolute Gasteiger partial charge is 0.312 e. The van der Waals surface area contributed by atoms with Crippen LogP contribution in [-0.2, 0) is 0 Å². The van der Waals surface area contributed by atoms with Gasteiger partial charge in [0.1, 0.15) is 4.90 Å². The fourth-order valence-electron chi connectivity index (χ4n) is 1.44. The summed E-state index contributed by atoms with van der Waals surface area (Å²) >= 11 is 2.87. The second kappa shape index (κ2) is 4.08. The lowest BCUT2D eigenvalue weighted by Gasteiger charge is -2.42. The first-order valence-electron chi connectivity index (χ1n) is 4.91. The monoisotopic (exact) mass is 367 g/mol. The first kappa shape index (κ1) is 16.2. The van der Waals surface area contributed by atoms with Crippen molar-refractivity contribution in [3.63, 3.8) is 0 Å². The van der Waals surface area contributed by atoms with Gasteiger partial charge in [-0.3, -0.25) is 4.79 Å². The number of halogens is 6. The number of nitrogens with zero attached hydrogens (tertiary/aromatic N) is 1. The molecule has 0 bridgehead atoms. The predicted molar refractivity (Wildman–Crippen MR) is 70.3 cm³/mol. The highest BCUT2D eigenvalue weighted by Gasteiger charge is 2.66. The topological polar surface area (TPSA) is 20.3 Å². The first-order chi connectivity index (χ1) is 8.26. The van der Waals surface area contributed by atoms with Crippen molar-refractivity contribution in [2.75, 3.05) is 24.3 Å². The largest absolute Gasteiger partial charge is 0.376 e. The Bertz CT molecular complexity index is 528. The maximum atomic E-state index is 12.9. The minimum atomic E-state index is -9.79. The van der Waals surface area contributed by atoms with Crippen LogP contribution in [0.5, 0.6) is 0 Å². The van der Waals surface area contributed by atoms with Crippen LogP contribution in [-0.4, -0.2) is 25.2 Å². The van der Waals surface area contributed by atoms with Gasteiger partial charge in [0, 0.05) is 19.7 Å². The summed E-state index contributed by atoms with van der Waals surface area (Å²) in [6.07, 6.45) is 0. The number of benzene rings is 1. The van der Waals surface area contributed by atoms with Crippen molar-refractivity contribution in [3.8, 4) is 0 Å². The molecule has 0 aromatic heterocycles. The van der Waals surface area contributed by atoms with Crippen LogP contribution in [0, 0.1) is 0 Å². The number of alkyl halides is 1. The summed E-state index contributed by atoms with van der Waals surface area (Å²) in [6.45, 7) is 0. The predicted octanol–water partition coefficient (Wildman–Crippen LogP) is 4.99. The van der Waals surface area contributed by atoms with Gasteiger partial charge < -0.3 is 4.90 Å². The SMILES string of the molecule is CN(C)c1cc(C(=O)CBr)ccc1S(F)(F)(F)(F)F. The number of rotatable bonds is 4. The Hall–Kier alpha value is -0.830. The van der Waals surface area contributed by atoms with Crippen LogP contribution >= 0.6 is 26.2 Å². The highest BCUT2D eigenvalue weighted by molar-refractivity contribution is 9.09. The Morgan fingerprint density at radius 3 is 2.11 bits per heavy atom. The van der Waals surface area contributed by atoms with E-state index in [0.29, 0.717) is 0 Å². The van der Waals surface area contributed by atoms with Crippen LogP contribution in [0.25, 0.3) is 0 Å². The van der Waals surface area contributed by atoms with Crippen molar-refractivity contribution in [2.45, 2.75) is 4.90 Å². The van der Waals surface area contributed by atoms with Crippen molar-refractivity contribution in [1.82, 2.24) is 0 Å². The number of carbonyl (C=O) groups is 1. The van der Waals surface area contributed by atoms with Crippen molar-refractivity contribution < 1.29 is 24.2 Å². The van der Waals surface area contributed by atoms with Gasteiger partial charge in [0.25, 0.3) is 0 Å². The quantitative estimate of drug-likeness (QED) is 0.424. The normalized spacial score (nSPS) is 15.6. The minimum absolute atomic E-state index is 0.0637. The molecule has 1 aromatic carbocycles. The lowest BCUT2D eigenvalue weighted by atomic mass is 10.1. The van der Waals surface area contributed by atoms with Crippen LogP contribution in [0.15, 0.2) is 23.1 Å². The van der Waals surface area contributed by atoms with E-state index >= 15 is 0 Å². The minimum Gasteiger partial charge on any atom is -0.376 e. The third-order valence-corrected chi connectivity index (χ3v) is 3.99. The van der Waals surface area contributed by atoms with Crippen LogP contribution in [0.2, 0.25) is 0 Å². The van der Waals surface area contributed by atoms with E-state index in [1.807, 2.05) is 0 Å². The Morgan fingerprint density at radius 1 is 1.21 bits per heavy atom. The summed E-state index contributed by atoms with van der Waals surface area (Å²) in [4.78, 5) is 10.3. The molecular formula is C10H11BrF5NOS. The summed E-state index contributed by atoms with van der Waals surface area (Å²) in [5.41, 5.74) is -0.794. The maximum Gasteiger partial charge on any atom is 0.312 e. The highest BCUT2D eigenvalue weighted by atomic mass is 79.9. The summed E-state index contributed by atoms with van der Waals surface area (Å²) in [5, 5.41) is -0.102. The van der Waals surface area contributed by atoms with E-state index in [2.05, 4.69) is 15.9 Å². The van der Waals surface area contributed by atoms with Crippen molar-refractivity contribution in [3.05, 3.63) is 23.8 Å². The lowest BCUT2D eigenvalue weighted by molar-refractivity contribution is 0.102. The molecule has 110 valence electrons. The molecule has 0 aliphatic carbocycles. The Labute approximate surface area is 115 Å². The van der Waals surface area contributed by atoms with Crippen molar-refractivity contribution in [1.29, 1.82) is 0 Å². The van der Waals surface area contributed by atoms with E-state index in [1.165, 1.54) is 14.1 Å². The van der Waals surface area contributed by atoms with Crippen LogP contribution < -0.4 is 4.90 Å². The first-order valence-corrected chi connectivity index (χ1v) is 7.98. The maximum absolute atomic E-state index is 12.9. The average molecular weight is 368 g/mol. The molecule has 19 heavy (non-hydrogen) atoms. The number of anilines is 1. The van der Waals surface area contributed by atoms with Gasteiger partial charge in [-0.25, -0.2) is 0 Å². The zero-order valence-corrected chi connectivity index (χ0v) is 12.4. The van der Waals surface area contributed by atoms with Gasteiger partial charge >= 0.3 is 10.2 Å². The molecule has 0 fully saturated rings. The van der Waals surface area contributed by atoms with Gasteiger partial charge in [0.2, 0.25) is 0 Å². The lowest BCUT2D eigenvalue weighted by Crippen LogP contribution is -2.17. The standard InChI is InChI=1S/C10H11BrF5NOS/c1-17(2)8-5-7(9(18)6-11)3-4-10(8)19(12,13,14,15)16/h3-5H,6H2,1-2H3. The summed E-state index contributed by atoms with van der Waals surface area (Å²) in [6, 6.07) is 1.83. The third-order valence-electron chi connectivity index (χ3n) is 2.30. The molecule has 0 aliphatic rings. The number of hydrogen-bond acceptors (Lipinski definition) is 2. The summed E-state index contributed by atoms with van der Waals surface area (Å²) in [5.74, 6) is -0.489. The molecule has 1 aromatic rings. The van der Waals surface area contributed by atoms with Crippen LogP contribution in [0.4, 0.5) is 25.1 Å². The molecule has 2 nitrogen and oxygen atoms in total. The second-order valence-corrected chi connectivity index (χ2v) is 7.04. The zero-order chi connectivity index (χ0) is 15.1. The molecule has 0 heterocycles. The molecule has 0 spiro atoms. The Morgan fingerprint density at radius 2 is 1.74 bits per heavy atom. The van der Waals surface area contributed by atoms with Gasteiger partial charge in [-0.05, 0) is 18.2 Å². The van der Waals surface area contributed by atoms with Crippen molar-refractivity contribution in [2.24, 2.45) is 0 Å². The molecule has 1 rings (SSSR count). The number of hydrogen-bond donors (Lipinski definition) is 0.